The minimum atomic E-state index is -0.364. The molecule has 3 rings (SSSR count). The van der Waals surface area contributed by atoms with E-state index in [2.05, 4.69) is 10.6 Å². The Morgan fingerprint density at radius 2 is 1.39 bits per heavy atom. The SMILES string of the molecule is O=C(Nc1ccc(-n2cccc2)cc1)Nc1cc(Cl)cc(Cl)c1. The van der Waals surface area contributed by atoms with E-state index in [9.17, 15) is 4.79 Å². The van der Waals surface area contributed by atoms with Crippen LogP contribution in [-0.4, -0.2) is 10.6 Å². The van der Waals surface area contributed by atoms with Gasteiger partial charge in [0, 0.05) is 39.5 Å². The van der Waals surface area contributed by atoms with Crippen molar-refractivity contribution in [3.8, 4) is 5.69 Å². The molecule has 0 unspecified atom stereocenters. The molecule has 0 bridgehead atoms. The molecular weight excluding hydrogens is 333 g/mol. The van der Waals surface area contributed by atoms with Crippen LogP contribution >= 0.6 is 23.2 Å². The second-order valence-electron chi connectivity index (χ2n) is 4.87. The zero-order valence-electron chi connectivity index (χ0n) is 12.0. The first-order chi connectivity index (χ1) is 11.1. The van der Waals surface area contributed by atoms with Crippen molar-refractivity contribution in [1.29, 1.82) is 0 Å². The summed E-state index contributed by atoms with van der Waals surface area (Å²) in [5, 5.41) is 6.37. The van der Waals surface area contributed by atoms with Gasteiger partial charge in [-0.25, -0.2) is 4.79 Å². The van der Waals surface area contributed by atoms with Gasteiger partial charge in [-0.2, -0.15) is 0 Å². The summed E-state index contributed by atoms with van der Waals surface area (Å²) in [5.74, 6) is 0. The molecule has 2 N–H and O–H groups in total. The third kappa shape index (κ3) is 4.06. The number of benzene rings is 2. The third-order valence-electron chi connectivity index (χ3n) is 3.15. The number of anilines is 2. The minimum absolute atomic E-state index is 0.364. The maximum Gasteiger partial charge on any atom is 0.323 e. The standard InChI is InChI=1S/C17H13Cl2N3O/c18-12-9-13(19)11-15(10-12)21-17(23)20-14-3-5-16(6-4-14)22-7-1-2-8-22/h1-11H,(H2,20,21,23). The van der Waals surface area contributed by atoms with E-state index < -0.39 is 0 Å². The second kappa shape index (κ2) is 6.77. The summed E-state index contributed by atoms with van der Waals surface area (Å²) in [7, 11) is 0. The van der Waals surface area contributed by atoms with Crippen LogP contribution in [0.1, 0.15) is 0 Å². The van der Waals surface area contributed by atoms with Gasteiger partial charge < -0.3 is 15.2 Å². The van der Waals surface area contributed by atoms with E-state index in [1.54, 1.807) is 18.2 Å². The average Bonchev–Trinajstić information content (AvgIpc) is 3.01. The van der Waals surface area contributed by atoms with Gasteiger partial charge in [0.25, 0.3) is 0 Å². The van der Waals surface area contributed by atoms with Crippen LogP contribution in [-0.2, 0) is 0 Å². The molecule has 0 radical (unpaired) electrons. The van der Waals surface area contributed by atoms with Gasteiger partial charge in [0.15, 0.2) is 0 Å². The van der Waals surface area contributed by atoms with Crippen molar-refractivity contribution in [3.05, 3.63) is 77.0 Å². The van der Waals surface area contributed by atoms with Crippen molar-refractivity contribution < 1.29 is 4.79 Å². The lowest BCUT2D eigenvalue weighted by atomic mass is 10.3. The smallest absolute Gasteiger partial charge is 0.323 e. The average molecular weight is 346 g/mol. The lowest BCUT2D eigenvalue weighted by molar-refractivity contribution is 0.262. The van der Waals surface area contributed by atoms with Crippen molar-refractivity contribution in [2.45, 2.75) is 0 Å². The van der Waals surface area contributed by atoms with E-state index in [-0.39, 0.29) is 6.03 Å². The highest BCUT2D eigenvalue weighted by molar-refractivity contribution is 6.35. The van der Waals surface area contributed by atoms with Crippen molar-refractivity contribution in [2.24, 2.45) is 0 Å². The number of aromatic nitrogens is 1. The zero-order valence-corrected chi connectivity index (χ0v) is 13.5. The van der Waals surface area contributed by atoms with Gasteiger partial charge in [0.05, 0.1) is 0 Å². The van der Waals surface area contributed by atoms with Crippen molar-refractivity contribution >= 4 is 40.6 Å². The Kier molecular flexibility index (Phi) is 4.55. The van der Waals surface area contributed by atoms with Crippen LogP contribution < -0.4 is 10.6 Å². The van der Waals surface area contributed by atoms with E-state index >= 15 is 0 Å². The van der Waals surface area contributed by atoms with E-state index in [0.717, 1.165) is 5.69 Å². The molecular formula is C17H13Cl2N3O. The predicted octanol–water partition coefficient (Wildman–Crippen LogP) is 5.43. The van der Waals surface area contributed by atoms with Crippen molar-refractivity contribution in [2.75, 3.05) is 10.6 Å². The molecule has 0 aliphatic carbocycles. The Labute approximate surface area is 143 Å². The van der Waals surface area contributed by atoms with E-state index in [1.165, 1.54) is 0 Å². The topological polar surface area (TPSA) is 46.1 Å². The second-order valence-corrected chi connectivity index (χ2v) is 5.75. The van der Waals surface area contributed by atoms with Crippen molar-refractivity contribution in [3.63, 3.8) is 0 Å². The highest BCUT2D eigenvalue weighted by Gasteiger charge is 2.05. The number of halogens is 2. The van der Waals surface area contributed by atoms with E-state index in [1.807, 2.05) is 53.4 Å². The number of hydrogen-bond acceptors (Lipinski definition) is 1. The minimum Gasteiger partial charge on any atom is -0.324 e. The summed E-state index contributed by atoms with van der Waals surface area (Å²) in [4.78, 5) is 12.0. The number of nitrogens with zero attached hydrogens (tertiary/aromatic N) is 1. The fraction of sp³-hybridized carbons (Fsp3) is 0. The number of nitrogens with one attached hydrogen (secondary N) is 2. The quantitative estimate of drug-likeness (QED) is 0.653. The molecule has 2 aromatic carbocycles. The number of urea groups is 1. The van der Waals surface area contributed by atoms with Gasteiger partial charge >= 0.3 is 6.03 Å². The molecule has 1 heterocycles. The number of rotatable bonds is 3. The summed E-state index contributed by atoms with van der Waals surface area (Å²) >= 11 is 11.8. The van der Waals surface area contributed by atoms with Gasteiger partial charge in [-0.3, -0.25) is 0 Å². The molecule has 6 heteroatoms. The number of carbonyl (C=O) groups excluding carboxylic acids is 1. The van der Waals surface area contributed by atoms with Gasteiger partial charge in [-0.15, -0.1) is 0 Å². The van der Waals surface area contributed by atoms with Gasteiger partial charge in [0.1, 0.15) is 0 Å². The number of hydrogen-bond donors (Lipinski definition) is 2. The molecule has 4 nitrogen and oxygen atoms in total. The fourth-order valence-electron chi connectivity index (χ4n) is 2.14. The molecule has 0 atom stereocenters. The molecule has 0 fully saturated rings. The Morgan fingerprint density at radius 3 is 2.00 bits per heavy atom. The Morgan fingerprint density at radius 1 is 0.826 bits per heavy atom. The summed E-state index contributed by atoms with van der Waals surface area (Å²) < 4.78 is 1.98. The lowest BCUT2D eigenvalue weighted by Crippen LogP contribution is -2.19. The van der Waals surface area contributed by atoms with Crippen LogP contribution in [0.2, 0.25) is 10.0 Å². The molecule has 0 aliphatic heterocycles. The summed E-state index contributed by atoms with van der Waals surface area (Å²) in [6.07, 6.45) is 3.91. The maximum atomic E-state index is 12.0. The Bertz CT molecular complexity index is 794. The molecule has 23 heavy (non-hydrogen) atoms. The van der Waals surface area contributed by atoms with E-state index in [0.29, 0.717) is 21.4 Å². The molecule has 0 aliphatic rings. The first-order valence-corrected chi connectivity index (χ1v) is 7.63. The first-order valence-electron chi connectivity index (χ1n) is 6.88. The monoisotopic (exact) mass is 345 g/mol. The molecule has 0 saturated heterocycles. The maximum absolute atomic E-state index is 12.0. The molecule has 1 aromatic heterocycles. The van der Waals surface area contributed by atoms with Crippen molar-refractivity contribution in [1.82, 2.24) is 4.57 Å². The summed E-state index contributed by atoms with van der Waals surface area (Å²) in [6.45, 7) is 0. The van der Waals surface area contributed by atoms with Crippen LogP contribution in [0, 0.1) is 0 Å². The lowest BCUT2D eigenvalue weighted by Gasteiger charge is -2.09. The third-order valence-corrected chi connectivity index (χ3v) is 3.58. The molecule has 116 valence electrons. The van der Waals surface area contributed by atoms with Gasteiger partial charge in [0.2, 0.25) is 0 Å². The van der Waals surface area contributed by atoms with E-state index in [4.69, 9.17) is 23.2 Å². The van der Waals surface area contributed by atoms with Gasteiger partial charge in [-0.1, -0.05) is 23.2 Å². The molecule has 2 amide bonds. The van der Waals surface area contributed by atoms with Crippen LogP contribution in [0.3, 0.4) is 0 Å². The molecule has 0 saturated carbocycles. The van der Waals surface area contributed by atoms with Gasteiger partial charge in [-0.05, 0) is 54.6 Å². The summed E-state index contributed by atoms with van der Waals surface area (Å²) in [6, 6.07) is 15.9. The largest absolute Gasteiger partial charge is 0.324 e. The number of amides is 2. The van der Waals surface area contributed by atoms with Crippen LogP contribution in [0.4, 0.5) is 16.2 Å². The van der Waals surface area contributed by atoms with Crippen LogP contribution in [0.15, 0.2) is 67.0 Å². The number of carbonyl (C=O) groups is 1. The highest BCUT2D eigenvalue weighted by Crippen LogP contribution is 2.22. The predicted molar refractivity (Wildman–Crippen MR) is 94.9 cm³/mol. The first kappa shape index (κ1) is 15.5. The summed E-state index contributed by atoms with van der Waals surface area (Å²) in [5.41, 5.74) is 2.23. The Hall–Kier alpha value is -2.43. The van der Waals surface area contributed by atoms with Crippen LogP contribution in [0.5, 0.6) is 0 Å². The molecule has 3 aromatic rings. The zero-order chi connectivity index (χ0) is 16.2. The Balaban J connectivity index is 1.65. The molecule has 0 spiro atoms. The normalized spacial score (nSPS) is 10.3. The van der Waals surface area contributed by atoms with Crippen LogP contribution in [0.25, 0.3) is 5.69 Å². The highest BCUT2D eigenvalue weighted by atomic mass is 35.5. The fourth-order valence-corrected chi connectivity index (χ4v) is 2.67.